The van der Waals surface area contributed by atoms with Gasteiger partial charge in [0.1, 0.15) is 11.3 Å². The minimum absolute atomic E-state index is 0.163. The van der Waals surface area contributed by atoms with E-state index in [2.05, 4.69) is 10.3 Å². The number of halogens is 1. The molecule has 1 heterocycles. The summed E-state index contributed by atoms with van der Waals surface area (Å²) in [6.07, 6.45) is 0.195. The summed E-state index contributed by atoms with van der Waals surface area (Å²) in [7, 11) is 0. The molecule has 2 aromatic carbocycles. The van der Waals surface area contributed by atoms with Crippen LogP contribution in [-0.2, 0) is 17.8 Å². The van der Waals surface area contributed by atoms with Gasteiger partial charge in [0.25, 0.3) is 0 Å². The Morgan fingerprint density at radius 2 is 1.90 bits per heavy atom. The fourth-order valence-corrected chi connectivity index (χ4v) is 2.02. The molecule has 0 aliphatic rings. The summed E-state index contributed by atoms with van der Waals surface area (Å²) in [4.78, 5) is 16.1. The zero-order valence-electron chi connectivity index (χ0n) is 11.2. The van der Waals surface area contributed by atoms with Gasteiger partial charge in [0.05, 0.1) is 13.0 Å². The maximum atomic E-state index is 12.8. The van der Waals surface area contributed by atoms with E-state index in [1.807, 2.05) is 24.3 Å². The van der Waals surface area contributed by atoms with Crippen LogP contribution in [0.5, 0.6) is 0 Å². The minimum Gasteiger partial charge on any atom is -0.439 e. The second kappa shape index (κ2) is 5.75. The van der Waals surface area contributed by atoms with Crippen LogP contribution in [0, 0.1) is 5.82 Å². The van der Waals surface area contributed by atoms with Gasteiger partial charge in [0.2, 0.25) is 11.8 Å². The van der Waals surface area contributed by atoms with E-state index in [1.165, 1.54) is 12.1 Å². The zero-order chi connectivity index (χ0) is 14.7. The highest BCUT2D eigenvalue weighted by Gasteiger charge is 2.08. The molecule has 1 aromatic heterocycles. The lowest BCUT2D eigenvalue weighted by atomic mass is 10.1. The third-order valence-corrected chi connectivity index (χ3v) is 3.05. The summed E-state index contributed by atoms with van der Waals surface area (Å²) in [5, 5.41) is 2.73. The average Bonchev–Trinajstić information content (AvgIpc) is 2.90. The van der Waals surface area contributed by atoms with Crippen molar-refractivity contribution in [2.24, 2.45) is 0 Å². The van der Waals surface area contributed by atoms with Crippen LogP contribution in [0.4, 0.5) is 4.39 Å². The predicted octanol–water partition coefficient (Wildman–Crippen LogP) is 2.83. The first-order valence-electron chi connectivity index (χ1n) is 6.56. The van der Waals surface area contributed by atoms with Crippen molar-refractivity contribution in [2.45, 2.75) is 13.0 Å². The molecule has 4 nitrogen and oxygen atoms in total. The van der Waals surface area contributed by atoms with E-state index in [0.717, 1.165) is 11.1 Å². The number of para-hydroxylation sites is 2. The average molecular weight is 284 g/mol. The first-order chi connectivity index (χ1) is 10.2. The maximum absolute atomic E-state index is 12.8. The Kier molecular flexibility index (Phi) is 3.64. The molecule has 0 saturated heterocycles. The second-order valence-electron chi connectivity index (χ2n) is 4.66. The smallest absolute Gasteiger partial charge is 0.224 e. The number of hydrogen-bond acceptors (Lipinski definition) is 3. The van der Waals surface area contributed by atoms with Crippen molar-refractivity contribution in [3.05, 3.63) is 65.8 Å². The molecule has 0 atom stereocenters. The van der Waals surface area contributed by atoms with Gasteiger partial charge in [0.15, 0.2) is 5.58 Å². The van der Waals surface area contributed by atoms with E-state index in [0.29, 0.717) is 11.5 Å². The van der Waals surface area contributed by atoms with Crippen LogP contribution in [-0.4, -0.2) is 10.9 Å². The lowest BCUT2D eigenvalue weighted by Gasteiger charge is -2.02. The summed E-state index contributed by atoms with van der Waals surface area (Å²) in [6.45, 7) is 0.231. The summed E-state index contributed by atoms with van der Waals surface area (Å²) in [5.41, 5.74) is 2.21. The number of fused-ring (bicyclic) bond motifs is 1. The number of rotatable bonds is 4. The highest BCUT2D eigenvalue weighted by atomic mass is 19.1. The van der Waals surface area contributed by atoms with Gasteiger partial charge < -0.3 is 9.73 Å². The van der Waals surface area contributed by atoms with Crippen LogP contribution in [0.2, 0.25) is 0 Å². The second-order valence-corrected chi connectivity index (χ2v) is 4.66. The summed E-state index contributed by atoms with van der Waals surface area (Å²) >= 11 is 0. The third-order valence-electron chi connectivity index (χ3n) is 3.05. The van der Waals surface area contributed by atoms with Crippen molar-refractivity contribution in [3.8, 4) is 0 Å². The highest BCUT2D eigenvalue weighted by molar-refractivity contribution is 5.78. The number of oxazole rings is 1. The maximum Gasteiger partial charge on any atom is 0.224 e. The quantitative estimate of drug-likeness (QED) is 0.801. The van der Waals surface area contributed by atoms with Crippen LogP contribution in [0.15, 0.2) is 52.9 Å². The molecule has 106 valence electrons. The van der Waals surface area contributed by atoms with E-state index in [1.54, 1.807) is 12.1 Å². The van der Waals surface area contributed by atoms with Crippen molar-refractivity contribution >= 4 is 17.0 Å². The van der Waals surface area contributed by atoms with E-state index in [4.69, 9.17) is 4.42 Å². The molecule has 1 amide bonds. The Morgan fingerprint density at radius 1 is 1.14 bits per heavy atom. The number of benzene rings is 2. The molecule has 0 aliphatic carbocycles. The van der Waals surface area contributed by atoms with Crippen LogP contribution < -0.4 is 5.32 Å². The van der Waals surface area contributed by atoms with Gasteiger partial charge in [-0.3, -0.25) is 4.79 Å². The highest BCUT2D eigenvalue weighted by Crippen LogP contribution is 2.14. The Labute approximate surface area is 120 Å². The number of nitrogens with one attached hydrogen (secondary N) is 1. The molecule has 21 heavy (non-hydrogen) atoms. The van der Waals surface area contributed by atoms with E-state index in [-0.39, 0.29) is 24.7 Å². The topological polar surface area (TPSA) is 55.1 Å². The van der Waals surface area contributed by atoms with Gasteiger partial charge in [-0.25, -0.2) is 9.37 Å². The first-order valence-corrected chi connectivity index (χ1v) is 6.56. The van der Waals surface area contributed by atoms with E-state index >= 15 is 0 Å². The van der Waals surface area contributed by atoms with Crippen molar-refractivity contribution in [2.75, 3.05) is 0 Å². The molecule has 3 aromatic rings. The molecule has 0 saturated carbocycles. The van der Waals surface area contributed by atoms with Crippen molar-refractivity contribution in [3.63, 3.8) is 0 Å². The molecule has 0 unspecified atom stereocenters. The monoisotopic (exact) mass is 284 g/mol. The lowest BCUT2D eigenvalue weighted by Crippen LogP contribution is -2.24. The molecule has 0 bridgehead atoms. The van der Waals surface area contributed by atoms with Crippen LogP contribution >= 0.6 is 0 Å². The molecule has 0 radical (unpaired) electrons. The van der Waals surface area contributed by atoms with E-state index in [9.17, 15) is 9.18 Å². The summed E-state index contributed by atoms with van der Waals surface area (Å²) < 4.78 is 18.3. The number of carbonyl (C=O) groups excluding carboxylic acids is 1. The fourth-order valence-electron chi connectivity index (χ4n) is 2.02. The summed E-state index contributed by atoms with van der Waals surface area (Å²) in [5.74, 6) is -0.0156. The Balaban J connectivity index is 1.59. The van der Waals surface area contributed by atoms with Gasteiger partial charge in [0, 0.05) is 0 Å². The Bertz CT molecular complexity index is 732. The lowest BCUT2D eigenvalue weighted by molar-refractivity contribution is -0.120. The standard InChI is InChI=1S/C16H13FN2O2/c17-12-7-5-11(6-8-12)9-15(20)18-10-16-19-13-3-1-2-4-14(13)21-16/h1-8H,9-10H2,(H,18,20). The molecule has 1 N–H and O–H groups in total. The van der Waals surface area contributed by atoms with Crippen molar-refractivity contribution in [1.82, 2.24) is 10.3 Å². The Hall–Kier alpha value is -2.69. The van der Waals surface area contributed by atoms with Gasteiger partial charge in [-0.2, -0.15) is 0 Å². The minimum atomic E-state index is -0.314. The first kappa shape index (κ1) is 13.3. The van der Waals surface area contributed by atoms with Crippen LogP contribution in [0.1, 0.15) is 11.5 Å². The van der Waals surface area contributed by atoms with Crippen LogP contribution in [0.3, 0.4) is 0 Å². The van der Waals surface area contributed by atoms with Crippen LogP contribution in [0.25, 0.3) is 11.1 Å². The van der Waals surface area contributed by atoms with Gasteiger partial charge in [-0.15, -0.1) is 0 Å². The number of amides is 1. The normalized spacial score (nSPS) is 10.7. The van der Waals surface area contributed by atoms with Gasteiger partial charge in [-0.1, -0.05) is 24.3 Å². The van der Waals surface area contributed by atoms with Crippen molar-refractivity contribution in [1.29, 1.82) is 0 Å². The number of nitrogens with zero attached hydrogens (tertiary/aromatic N) is 1. The summed E-state index contributed by atoms with van der Waals surface area (Å²) in [6, 6.07) is 13.3. The number of aromatic nitrogens is 1. The molecular formula is C16H13FN2O2. The Morgan fingerprint density at radius 3 is 2.67 bits per heavy atom. The molecule has 0 spiro atoms. The fraction of sp³-hybridized carbons (Fsp3) is 0.125. The molecular weight excluding hydrogens is 271 g/mol. The molecule has 0 fully saturated rings. The molecule has 0 aliphatic heterocycles. The van der Waals surface area contributed by atoms with Crippen molar-refractivity contribution < 1.29 is 13.6 Å². The molecule has 3 rings (SSSR count). The third kappa shape index (κ3) is 3.25. The molecule has 5 heteroatoms. The zero-order valence-corrected chi connectivity index (χ0v) is 11.2. The predicted molar refractivity (Wildman–Crippen MR) is 76.0 cm³/mol. The van der Waals surface area contributed by atoms with Gasteiger partial charge >= 0.3 is 0 Å². The number of carbonyl (C=O) groups is 1. The SMILES string of the molecule is O=C(Cc1ccc(F)cc1)NCc1nc2ccccc2o1. The largest absolute Gasteiger partial charge is 0.439 e. The van der Waals surface area contributed by atoms with Gasteiger partial charge in [-0.05, 0) is 29.8 Å². The van der Waals surface area contributed by atoms with E-state index < -0.39 is 0 Å². The number of hydrogen-bond donors (Lipinski definition) is 1.